The summed E-state index contributed by atoms with van der Waals surface area (Å²) in [5.41, 5.74) is 1.74. The third-order valence-corrected chi connectivity index (χ3v) is 3.26. The van der Waals surface area contributed by atoms with Gasteiger partial charge in [-0.3, -0.25) is 19.8 Å². The van der Waals surface area contributed by atoms with Crippen LogP contribution in [0, 0.1) is 10.1 Å². The summed E-state index contributed by atoms with van der Waals surface area (Å²) >= 11 is 0. The van der Waals surface area contributed by atoms with E-state index in [4.69, 9.17) is 4.74 Å². The van der Waals surface area contributed by atoms with Crippen molar-refractivity contribution in [3.8, 4) is 5.75 Å². The molecule has 0 unspecified atom stereocenters. The van der Waals surface area contributed by atoms with Gasteiger partial charge in [0.2, 0.25) is 0 Å². The molecule has 0 saturated heterocycles. The Kier molecular flexibility index (Phi) is 3.69. The summed E-state index contributed by atoms with van der Waals surface area (Å²) in [5, 5.41) is 15.8. The summed E-state index contributed by atoms with van der Waals surface area (Å²) in [5.74, 6) is 0.729. The number of aromatic nitrogens is 3. The number of benzene rings is 1. The number of nitro groups is 1. The van der Waals surface area contributed by atoms with Crippen molar-refractivity contribution in [3.63, 3.8) is 0 Å². The van der Waals surface area contributed by atoms with Gasteiger partial charge in [0, 0.05) is 17.5 Å². The minimum atomic E-state index is -0.412. The van der Waals surface area contributed by atoms with Crippen molar-refractivity contribution in [3.05, 3.63) is 58.5 Å². The van der Waals surface area contributed by atoms with E-state index in [1.807, 2.05) is 19.1 Å². The van der Waals surface area contributed by atoms with Gasteiger partial charge in [0.25, 0.3) is 5.69 Å². The Balaban J connectivity index is 1.86. The summed E-state index contributed by atoms with van der Waals surface area (Å²) in [7, 11) is 0. The molecule has 112 valence electrons. The predicted octanol–water partition coefficient (Wildman–Crippen LogP) is 2.79. The quantitative estimate of drug-likeness (QED) is 0.534. The number of non-ortho nitro benzene ring substituents is 1. The van der Waals surface area contributed by atoms with Gasteiger partial charge in [-0.05, 0) is 25.1 Å². The van der Waals surface area contributed by atoms with E-state index < -0.39 is 4.92 Å². The Morgan fingerprint density at radius 1 is 1.27 bits per heavy atom. The maximum atomic E-state index is 10.8. The molecular weight excluding hydrogens is 284 g/mol. The molecule has 7 nitrogen and oxygen atoms in total. The number of nitrogens with zero attached hydrogens (tertiary/aromatic N) is 4. The molecule has 0 fully saturated rings. The van der Waals surface area contributed by atoms with Crippen LogP contribution in [-0.2, 0) is 6.54 Å². The molecule has 0 aliphatic rings. The zero-order valence-electron chi connectivity index (χ0n) is 12.0. The number of rotatable bonds is 5. The second-order valence-electron chi connectivity index (χ2n) is 4.72. The third-order valence-electron chi connectivity index (χ3n) is 3.26. The molecule has 0 amide bonds. The molecule has 0 aliphatic carbocycles. The van der Waals surface area contributed by atoms with Crippen molar-refractivity contribution < 1.29 is 9.66 Å². The predicted molar refractivity (Wildman–Crippen MR) is 80.9 cm³/mol. The van der Waals surface area contributed by atoms with Crippen LogP contribution in [0.2, 0.25) is 0 Å². The molecular formula is C15H14N4O3. The molecule has 0 saturated carbocycles. The summed E-state index contributed by atoms with van der Waals surface area (Å²) < 4.78 is 7.12. The smallest absolute Gasteiger partial charge is 0.270 e. The van der Waals surface area contributed by atoms with Gasteiger partial charge in [-0.2, -0.15) is 5.10 Å². The first-order valence-electron chi connectivity index (χ1n) is 6.85. The lowest BCUT2D eigenvalue weighted by Crippen LogP contribution is -2.03. The van der Waals surface area contributed by atoms with Gasteiger partial charge in [-0.25, -0.2) is 0 Å². The van der Waals surface area contributed by atoms with Crippen LogP contribution in [0.4, 0.5) is 5.69 Å². The van der Waals surface area contributed by atoms with E-state index in [1.165, 1.54) is 12.1 Å². The first kappa shape index (κ1) is 14.0. The van der Waals surface area contributed by atoms with Gasteiger partial charge < -0.3 is 4.74 Å². The van der Waals surface area contributed by atoms with E-state index >= 15 is 0 Å². The van der Waals surface area contributed by atoms with Gasteiger partial charge >= 0.3 is 0 Å². The molecule has 0 bridgehead atoms. The first-order valence-corrected chi connectivity index (χ1v) is 6.85. The number of ether oxygens (including phenoxy) is 1. The Morgan fingerprint density at radius 3 is 2.82 bits per heavy atom. The zero-order chi connectivity index (χ0) is 15.5. The molecule has 3 rings (SSSR count). The van der Waals surface area contributed by atoms with Crippen LogP contribution >= 0.6 is 0 Å². The number of pyridine rings is 1. The topological polar surface area (TPSA) is 83.1 Å². The molecule has 0 radical (unpaired) electrons. The lowest BCUT2D eigenvalue weighted by Gasteiger charge is -2.05. The fourth-order valence-corrected chi connectivity index (χ4v) is 2.22. The fraction of sp³-hybridized carbons (Fsp3) is 0.200. The lowest BCUT2D eigenvalue weighted by atomic mass is 10.2. The van der Waals surface area contributed by atoms with Crippen molar-refractivity contribution in [2.24, 2.45) is 0 Å². The van der Waals surface area contributed by atoms with E-state index in [2.05, 4.69) is 10.1 Å². The highest BCUT2D eigenvalue weighted by molar-refractivity contribution is 5.81. The minimum absolute atomic E-state index is 0.0613. The average molecular weight is 298 g/mol. The molecule has 2 aromatic heterocycles. The van der Waals surface area contributed by atoms with Crippen LogP contribution in [0.5, 0.6) is 5.75 Å². The molecule has 0 spiro atoms. The summed E-state index contributed by atoms with van der Waals surface area (Å²) in [4.78, 5) is 14.7. The highest BCUT2D eigenvalue weighted by Gasteiger charge is 2.10. The molecule has 0 N–H and O–H groups in total. The van der Waals surface area contributed by atoms with Crippen LogP contribution in [0.3, 0.4) is 0 Å². The maximum absolute atomic E-state index is 10.8. The van der Waals surface area contributed by atoms with Crippen molar-refractivity contribution in [2.75, 3.05) is 6.61 Å². The third kappa shape index (κ3) is 2.73. The van der Waals surface area contributed by atoms with Crippen LogP contribution < -0.4 is 4.74 Å². The SMILES string of the molecule is CCOc1ccc(Cn2ncc3cc([N+](=O)[O-])ccc32)nc1. The van der Waals surface area contributed by atoms with Crippen molar-refractivity contribution in [1.29, 1.82) is 0 Å². The van der Waals surface area contributed by atoms with Crippen molar-refractivity contribution in [2.45, 2.75) is 13.5 Å². The molecule has 3 aromatic rings. The monoisotopic (exact) mass is 298 g/mol. The van der Waals surface area contributed by atoms with Gasteiger partial charge in [0.15, 0.2) is 0 Å². The Morgan fingerprint density at radius 2 is 2.14 bits per heavy atom. The molecule has 0 atom stereocenters. The van der Waals surface area contributed by atoms with E-state index in [0.29, 0.717) is 13.2 Å². The molecule has 2 heterocycles. The van der Waals surface area contributed by atoms with Gasteiger partial charge in [0.05, 0.1) is 41.7 Å². The summed E-state index contributed by atoms with van der Waals surface area (Å²) in [6.07, 6.45) is 3.30. The largest absolute Gasteiger partial charge is 0.492 e. The van der Waals surface area contributed by atoms with Crippen LogP contribution in [0.15, 0.2) is 42.7 Å². The maximum Gasteiger partial charge on any atom is 0.270 e. The number of fused-ring (bicyclic) bond motifs is 1. The Labute approximate surface area is 126 Å². The Bertz CT molecular complexity index is 811. The van der Waals surface area contributed by atoms with Crippen LogP contribution in [-0.4, -0.2) is 26.3 Å². The fourth-order valence-electron chi connectivity index (χ4n) is 2.22. The second kappa shape index (κ2) is 5.80. The van der Waals surface area contributed by atoms with E-state index in [0.717, 1.165) is 22.3 Å². The normalized spacial score (nSPS) is 10.8. The molecule has 1 aromatic carbocycles. The van der Waals surface area contributed by atoms with Crippen molar-refractivity contribution >= 4 is 16.6 Å². The minimum Gasteiger partial charge on any atom is -0.492 e. The lowest BCUT2D eigenvalue weighted by molar-refractivity contribution is -0.384. The zero-order valence-corrected chi connectivity index (χ0v) is 12.0. The van der Waals surface area contributed by atoms with Crippen molar-refractivity contribution in [1.82, 2.24) is 14.8 Å². The standard InChI is InChI=1S/C15H14N4O3/c1-2-22-14-5-3-12(16-9-14)10-18-15-6-4-13(19(20)21)7-11(15)8-17-18/h3-9H,2,10H2,1H3. The highest BCUT2D eigenvalue weighted by atomic mass is 16.6. The highest BCUT2D eigenvalue weighted by Crippen LogP contribution is 2.21. The molecule has 7 heteroatoms. The van der Waals surface area contributed by atoms with Crippen LogP contribution in [0.1, 0.15) is 12.6 Å². The molecule has 0 aliphatic heterocycles. The van der Waals surface area contributed by atoms with Crippen LogP contribution in [0.25, 0.3) is 10.9 Å². The van der Waals surface area contributed by atoms with E-state index in [-0.39, 0.29) is 5.69 Å². The van der Waals surface area contributed by atoms with Gasteiger partial charge in [-0.1, -0.05) is 0 Å². The second-order valence-corrected chi connectivity index (χ2v) is 4.72. The summed E-state index contributed by atoms with van der Waals surface area (Å²) in [6, 6.07) is 8.44. The first-order chi connectivity index (χ1) is 10.7. The number of hydrogen-bond donors (Lipinski definition) is 0. The average Bonchev–Trinajstić information content (AvgIpc) is 2.92. The number of nitro benzene ring substituents is 1. The van der Waals surface area contributed by atoms with Gasteiger partial charge in [0.1, 0.15) is 5.75 Å². The van der Waals surface area contributed by atoms with E-state index in [1.54, 1.807) is 23.1 Å². The Hall–Kier alpha value is -2.96. The van der Waals surface area contributed by atoms with Gasteiger partial charge in [-0.15, -0.1) is 0 Å². The molecule has 22 heavy (non-hydrogen) atoms. The number of hydrogen-bond acceptors (Lipinski definition) is 5. The van der Waals surface area contributed by atoms with E-state index in [9.17, 15) is 10.1 Å². The summed E-state index contributed by atoms with van der Waals surface area (Å²) in [6.45, 7) is 3.01.